The van der Waals surface area contributed by atoms with Crippen LogP contribution in [0.15, 0.2) is 70.4 Å². The lowest BCUT2D eigenvalue weighted by molar-refractivity contribution is -0.137. The number of nitrogens with one attached hydrogen (secondary N) is 2. The number of amides is 2. The molecule has 4 rings (SSSR count). The lowest BCUT2D eigenvalue weighted by atomic mass is 10.1. The Labute approximate surface area is 235 Å². The van der Waals surface area contributed by atoms with Crippen molar-refractivity contribution in [3.63, 3.8) is 0 Å². The number of hydrogen-bond donors (Lipinski definition) is 2. The van der Waals surface area contributed by atoms with E-state index in [-0.39, 0.29) is 27.8 Å². The molecule has 0 atom stereocenters. The van der Waals surface area contributed by atoms with Crippen molar-refractivity contribution in [2.24, 2.45) is 0 Å². The summed E-state index contributed by atoms with van der Waals surface area (Å²) in [6.07, 6.45) is -4.61. The largest absolute Gasteiger partial charge is 0.416 e. The molecule has 2 N–H and O–H groups in total. The lowest BCUT2D eigenvalue weighted by Crippen LogP contribution is -2.33. The van der Waals surface area contributed by atoms with Gasteiger partial charge in [0.15, 0.2) is 9.84 Å². The fourth-order valence-electron chi connectivity index (χ4n) is 3.80. The summed E-state index contributed by atoms with van der Waals surface area (Å²) in [7, 11) is -3.97. The van der Waals surface area contributed by atoms with Gasteiger partial charge in [-0.1, -0.05) is 29.5 Å². The van der Waals surface area contributed by atoms with E-state index in [1.807, 2.05) is 0 Å². The molecule has 41 heavy (non-hydrogen) atoms. The fraction of sp³-hybridized carbons (Fsp3) is 0.192. The number of hydrogen-bond acceptors (Lipinski definition) is 8. The predicted octanol–water partition coefficient (Wildman–Crippen LogP) is 3.67. The minimum atomic E-state index is -4.61. The Bertz CT molecular complexity index is 1780. The molecule has 2 aromatic heterocycles. The molecule has 2 aromatic carbocycles. The Hall–Kier alpha value is -4.37. The van der Waals surface area contributed by atoms with E-state index in [2.05, 4.69) is 20.8 Å². The summed E-state index contributed by atoms with van der Waals surface area (Å²) < 4.78 is 65.8. The molecule has 2 heterocycles. The summed E-state index contributed by atoms with van der Waals surface area (Å²) in [6.45, 7) is 3.14. The number of sulfone groups is 1. The maximum Gasteiger partial charge on any atom is 0.416 e. The molecule has 10 nitrogen and oxygen atoms in total. The Morgan fingerprint density at radius 1 is 1.00 bits per heavy atom. The summed E-state index contributed by atoms with van der Waals surface area (Å²) in [4.78, 5) is 37.9. The number of aryl methyl sites for hydroxylation is 2. The van der Waals surface area contributed by atoms with Crippen LogP contribution in [0.3, 0.4) is 0 Å². The number of anilines is 1. The molecular weight excluding hydrogens is 583 g/mol. The second kappa shape index (κ2) is 11.6. The van der Waals surface area contributed by atoms with E-state index in [1.54, 1.807) is 6.92 Å². The molecule has 4 aromatic rings. The van der Waals surface area contributed by atoms with Crippen molar-refractivity contribution in [2.75, 3.05) is 11.1 Å². The molecule has 0 bridgehead atoms. The average molecular weight is 606 g/mol. The Morgan fingerprint density at radius 3 is 2.34 bits per heavy atom. The van der Waals surface area contributed by atoms with Gasteiger partial charge in [0, 0.05) is 17.9 Å². The summed E-state index contributed by atoms with van der Waals surface area (Å²) >= 11 is 1.10. The van der Waals surface area contributed by atoms with E-state index in [4.69, 9.17) is 0 Å². The van der Waals surface area contributed by atoms with E-state index in [0.717, 1.165) is 28.0 Å². The zero-order valence-electron chi connectivity index (χ0n) is 21.5. The van der Waals surface area contributed by atoms with E-state index in [9.17, 15) is 36.0 Å². The van der Waals surface area contributed by atoms with Crippen LogP contribution in [-0.4, -0.2) is 40.7 Å². The summed E-state index contributed by atoms with van der Waals surface area (Å²) in [5, 5.41) is 13.2. The van der Waals surface area contributed by atoms with Gasteiger partial charge >= 0.3 is 6.18 Å². The molecule has 0 radical (unpaired) electrons. The number of benzene rings is 2. The molecule has 2 amide bonds. The molecule has 0 saturated heterocycles. The summed E-state index contributed by atoms with van der Waals surface area (Å²) in [5.41, 5.74) is -1.24. The van der Waals surface area contributed by atoms with Gasteiger partial charge in [-0.15, -0.1) is 10.2 Å². The van der Waals surface area contributed by atoms with Gasteiger partial charge in [0.05, 0.1) is 10.5 Å². The van der Waals surface area contributed by atoms with Gasteiger partial charge < -0.3 is 5.32 Å². The van der Waals surface area contributed by atoms with Crippen molar-refractivity contribution in [2.45, 2.75) is 31.5 Å². The third-order valence-corrected chi connectivity index (χ3v) is 8.17. The first-order valence-corrected chi connectivity index (χ1v) is 14.3. The number of pyridine rings is 1. The number of halogens is 3. The van der Waals surface area contributed by atoms with Crippen molar-refractivity contribution in [3.05, 3.63) is 98.4 Å². The number of alkyl halides is 3. The third kappa shape index (κ3) is 7.05. The van der Waals surface area contributed by atoms with Crippen molar-refractivity contribution < 1.29 is 31.2 Å². The predicted molar refractivity (Wildman–Crippen MR) is 145 cm³/mol. The SMILES string of the molecule is Cc1nnc(NC(=O)CS(=O)(=O)c2ccc(CNC(=O)c3ccc(C)n(-c4cccc(C(F)(F)F)c4)c3=O)cc2)s1. The Kier molecular flexibility index (Phi) is 8.39. The first-order chi connectivity index (χ1) is 19.2. The quantitative estimate of drug-likeness (QED) is 0.312. The second-order valence-corrected chi connectivity index (χ2v) is 12.0. The van der Waals surface area contributed by atoms with Gasteiger partial charge in [-0.25, -0.2) is 8.42 Å². The molecule has 0 saturated carbocycles. The van der Waals surface area contributed by atoms with Crippen LogP contribution in [0.1, 0.15) is 32.2 Å². The Morgan fingerprint density at radius 2 is 1.71 bits per heavy atom. The van der Waals surface area contributed by atoms with Crippen molar-refractivity contribution in [1.29, 1.82) is 0 Å². The number of carbonyl (C=O) groups excluding carboxylic acids is 2. The van der Waals surface area contributed by atoms with Crippen LogP contribution in [0.4, 0.5) is 18.3 Å². The second-order valence-electron chi connectivity index (χ2n) is 8.84. The first-order valence-electron chi connectivity index (χ1n) is 11.8. The molecule has 0 aliphatic rings. The normalized spacial score (nSPS) is 11.7. The van der Waals surface area contributed by atoms with Crippen LogP contribution in [0, 0.1) is 13.8 Å². The van der Waals surface area contributed by atoms with Crippen LogP contribution in [-0.2, 0) is 27.4 Å². The fourth-order valence-corrected chi connectivity index (χ4v) is 5.54. The maximum absolute atomic E-state index is 13.2. The minimum Gasteiger partial charge on any atom is -0.348 e. The first kappa shape index (κ1) is 29.6. The van der Waals surface area contributed by atoms with E-state index >= 15 is 0 Å². The van der Waals surface area contributed by atoms with Crippen LogP contribution >= 0.6 is 11.3 Å². The number of carbonyl (C=O) groups is 2. The smallest absolute Gasteiger partial charge is 0.348 e. The van der Waals surface area contributed by atoms with Crippen molar-refractivity contribution in [1.82, 2.24) is 20.1 Å². The van der Waals surface area contributed by atoms with Gasteiger partial charge in [-0.3, -0.25) is 24.3 Å². The molecular formula is C26H22F3N5O5S2. The van der Waals surface area contributed by atoms with Gasteiger partial charge in [-0.05, 0) is 61.9 Å². The van der Waals surface area contributed by atoms with Gasteiger partial charge in [0.2, 0.25) is 11.0 Å². The Balaban J connectivity index is 1.44. The lowest BCUT2D eigenvalue weighted by Gasteiger charge is -2.14. The van der Waals surface area contributed by atoms with Gasteiger partial charge in [0.1, 0.15) is 16.3 Å². The third-order valence-electron chi connectivity index (χ3n) is 5.78. The van der Waals surface area contributed by atoms with Crippen molar-refractivity contribution >= 4 is 38.1 Å². The minimum absolute atomic E-state index is 0.0408. The highest BCUT2D eigenvalue weighted by Crippen LogP contribution is 2.30. The highest BCUT2D eigenvalue weighted by Gasteiger charge is 2.31. The average Bonchev–Trinajstić information content (AvgIpc) is 3.31. The number of rotatable bonds is 8. The van der Waals surface area contributed by atoms with Gasteiger partial charge in [0.25, 0.3) is 11.5 Å². The van der Waals surface area contributed by atoms with Crippen molar-refractivity contribution in [3.8, 4) is 5.69 Å². The van der Waals surface area contributed by atoms with Crippen LogP contribution in [0.25, 0.3) is 5.69 Å². The molecule has 15 heteroatoms. The van der Waals surface area contributed by atoms with Gasteiger partial charge in [-0.2, -0.15) is 13.2 Å². The number of nitrogens with zero attached hydrogens (tertiary/aromatic N) is 3. The highest BCUT2D eigenvalue weighted by molar-refractivity contribution is 7.92. The summed E-state index contributed by atoms with van der Waals surface area (Å²) in [6, 6.07) is 12.4. The molecule has 0 unspecified atom stereocenters. The van der Waals surface area contributed by atoms with E-state index < -0.39 is 44.7 Å². The maximum atomic E-state index is 13.2. The molecule has 0 fully saturated rings. The van der Waals surface area contributed by atoms with Crippen LogP contribution < -0.4 is 16.2 Å². The summed E-state index contributed by atoms with van der Waals surface area (Å²) in [5.74, 6) is -2.35. The monoisotopic (exact) mass is 605 g/mol. The zero-order chi connectivity index (χ0) is 29.9. The molecule has 0 aliphatic heterocycles. The standard InChI is InChI=1S/C26H22F3N5O5S2/c1-15-6-11-21(24(37)34(15)19-5-3-4-18(12-19)26(27,28)29)23(36)30-13-17-7-9-20(10-8-17)41(38,39)14-22(35)31-25-33-32-16(2)40-25/h3-12H,13-14H2,1-2H3,(H,30,36)(H,31,33,35). The van der Waals surface area contributed by atoms with E-state index in [1.165, 1.54) is 55.5 Å². The van der Waals surface area contributed by atoms with E-state index in [0.29, 0.717) is 16.3 Å². The van der Waals surface area contributed by atoms with Crippen LogP contribution in [0.5, 0.6) is 0 Å². The molecule has 214 valence electrons. The molecule has 0 spiro atoms. The highest BCUT2D eigenvalue weighted by atomic mass is 32.2. The number of aromatic nitrogens is 3. The van der Waals surface area contributed by atoms with Crippen LogP contribution in [0.2, 0.25) is 0 Å². The topological polar surface area (TPSA) is 140 Å². The zero-order valence-corrected chi connectivity index (χ0v) is 23.2. The molecule has 0 aliphatic carbocycles.